The topological polar surface area (TPSA) is 88.4 Å². The minimum absolute atomic E-state index is 0.0960. The molecule has 1 aliphatic carbocycles. The quantitative estimate of drug-likeness (QED) is 0.482. The Morgan fingerprint density at radius 3 is 2.73 bits per heavy atom. The number of nitrogens with zero attached hydrogens (tertiary/aromatic N) is 3. The number of fused-ring (bicyclic) bond motifs is 1. The summed E-state index contributed by atoms with van der Waals surface area (Å²) >= 11 is 1.43. The molecule has 158 valence electrons. The Morgan fingerprint density at radius 1 is 1.17 bits per heavy atom. The molecule has 0 atom stereocenters. The van der Waals surface area contributed by atoms with E-state index in [1.54, 1.807) is 16.6 Å². The van der Waals surface area contributed by atoms with Crippen molar-refractivity contribution in [3.8, 4) is 11.4 Å². The first-order chi connectivity index (χ1) is 14.6. The van der Waals surface area contributed by atoms with Crippen LogP contribution in [0, 0.1) is 5.82 Å². The number of carbonyl (C=O) groups is 2. The van der Waals surface area contributed by atoms with Crippen molar-refractivity contribution >= 4 is 28.1 Å². The van der Waals surface area contributed by atoms with Gasteiger partial charge in [-0.2, -0.15) is 4.98 Å². The lowest BCUT2D eigenvalue weighted by atomic mass is 10.1. The van der Waals surface area contributed by atoms with Crippen molar-refractivity contribution in [1.29, 1.82) is 0 Å². The molecule has 9 heteroatoms. The van der Waals surface area contributed by atoms with Gasteiger partial charge in [0.1, 0.15) is 5.82 Å². The van der Waals surface area contributed by atoms with Crippen LogP contribution >= 0.6 is 11.3 Å². The summed E-state index contributed by atoms with van der Waals surface area (Å²) in [5.41, 5.74) is 1.48. The van der Waals surface area contributed by atoms with E-state index >= 15 is 0 Å². The normalized spacial score (nSPS) is 15.1. The number of benzene rings is 1. The maximum atomic E-state index is 13.5. The van der Waals surface area contributed by atoms with E-state index in [-0.39, 0.29) is 11.9 Å². The van der Waals surface area contributed by atoms with Gasteiger partial charge in [-0.05, 0) is 25.0 Å². The standard InChI is InChI=1S/C21H24FN5O2S/c22-15-7-5-6-14(12-15)18-25-21-27(26-18)17(13-30-21)10-11-23-19(28)20(29)24-16-8-3-1-2-4-9-16/h5-7,12-13,16H,1-4,8-11H2,(H,23,28)(H,24,29). The van der Waals surface area contributed by atoms with Crippen LogP contribution < -0.4 is 10.6 Å². The first-order valence-corrected chi connectivity index (χ1v) is 11.2. The highest BCUT2D eigenvalue weighted by Gasteiger charge is 2.19. The fourth-order valence-corrected chi connectivity index (χ4v) is 4.56. The predicted molar refractivity (Wildman–Crippen MR) is 113 cm³/mol. The van der Waals surface area contributed by atoms with Crippen LogP contribution in [-0.2, 0) is 16.0 Å². The lowest BCUT2D eigenvalue weighted by Gasteiger charge is -2.15. The Hall–Kier alpha value is -2.81. The third kappa shape index (κ3) is 4.84. The molecule has 1 fully saturated rings. The van der Waals surface area contributed by atoms with Gasteiger partial charge in [0.25, 0.3) is 0 Å². The van der Waals surface area contributed by atoms with Crippen LogP contribution in [0.25, 0.3) is 16.3 Å². The Labute approximate surface area is 177 Å². The minimum Gasteiger partial charge on any atom is -0.347 e. The number of amides is 2. The second kappa shape index (κ2) is 9.34. The minimum atomic E-state index is -0.607. The Morgan fingerprint density at radius 2 is 1.97 bits per heavy atom. The van der Waals surface area contributed by atoms with E-state index in [1.807, 2.05) is 5.38 Å². The van der Waals surface area contributed by atoms with E-state index in [2.05, 4.69) is 20.7 Å². The highest BCUT2D eigenvalue weighted by Crippen LogP contribution is 2.21. The summed E-state index contributed by atoms with van der Waals surface area (Å²) in [5, 5.41) is 11.9. The van der Waals surface area contributed by atoms with Crippen molar-refractivity contribution in [2.45, 2.75) is 51.0 Å². The number of thiazole rings is 1. The zero-order valence-electron chi connectivity index (χ0n) is 16.6. The van der Waals surface area contributed by atoms with Gasteiger partial charge in [0.2, 0.25) is 4.96 Å². The molecule has 0 spiro atoms. The summed E-state index contributed by atoms with van der Waals surface area (Å²) in [6.45, 7) is 0.317. The molecule has 2 heterocycles. The molecular weight excluding hydrogens is 405 g/mol. The third-order valence-electron chi connectivity index (χ3n) is 5.30. The number of hydrogen-bond donors (Lipinski definition) is 2. The SMILES string of the molecule is O=C(NCCc1csc2nc(-c3cccc(F)c3)nn12)C(=O)NC1CCCCCC1. The van der Waals surface area contributed by atoms with Crippen LogP contribution in [0.4, 0.5) is 4.39 Å². The number of aromatic nitrogens is 3. The molecule has 30 heavy (non-hydrogen) atoms. The third-order valence-corrected chi connectivity index (χ3v) is 6.16. The molecule has 1 aliphatic rings. The fourth-order valence-electron chi connectivity index (χ4n) is 3.71. The zero-order chi connectivity index (χ0) is 20.9. The number of carbonyl (C=O) groups excluding carboxylic acids is 2. The first kappa shape index (κ1) is 20.5. The van der Waals surface area contributed by atoms with Crippen LogP contribution in [0.2, 0.25) is 0 Å². The molecule has 0 saturated heterocycles. The smallest absolute Gasteiger partial charge is 0.309 e. The van der Waals surface area contributed by atoms with Crippen molar-refractivity contribution in [3.05, 3.63) is 41.2 Å². The van der Waals surface area contributed by atoms with Crippen molar-refractivity contribution in [3.63, 3.8) is 0 Å². The molecule has 1 aromatic carbocycles. The molecule has 3 aromatic rings. The predicted octanol–water partition coefficient (Wildman–Crippen LogP) is 3.09. The maximum absolute atomic E-state index is 13.5. The van der Waals surface area contributed by atoms with Gasteiger partial charge in [0.05, 0.1) is 5.69 Å². The van der Waals surface area contributed by atoms with Gasteiger partial charge < -0.3 is 10.6 Å². The van der Waals surface area contributed by atoms with Crippen LogP contribution in [0.1, 0.15) is 44.2 Å². The highest BCUT2D eigenvalue weighted by atomic mass is 32.1. The number of nitrogens with one attached hydrogen (secondary N) is 2. The number of rotatable bonds is 5. The van der Waals surface area contributed by atoms with E-state index in [9.17, 15) is 14.0 Å². The van der Waals surface area contributed by atoms with Gasteiger partial charge >= 0.3 is 11.8 Å². The molecule has 2 amide bonds. The Bertz CT molecular complexity index is 1040. The lowest BCUT2D eigenvalue weighted by Crippen LogP contribution is -2.45. The van der Waals surface area contributed by atoms with Crippen LogP contribution in [0.5, 0.6) is 0 Å². The fraction of sp³-hybridized carbons (Fsp3) is 0.429. The number of hydrogen-bond acceptors (Lipinski definition) is 5. The van der Waals surface area contributed by atoms with Gasteiger partial charge in [0.15, 0.2) is 5.82 Å². The first-order valence-electron chi connectivity index (χ1n) is 10.3. The van der Waals surface area contributed by atoms with Crippen molar-refractivity contribution in [2.24, 2.45) is 0 Å². The molecule has 0 unspecified atom stereocenters. The average Bonchev–Trinajstić information content (AvgIpc) is 3.21. The van der Waals surface area contributed by atoms with E-state index in [1.165, 1.54) is 36.3 Å². The van der Waals surface area contributed by atoms with Gasteiger partial charge in [-0.1, -0.05) is 37.8 Å². The molecular formula is C21H24FN5O2S. The van der Waals surface area contributed by atoms with E-state index in [4.69, 9.17) is 0 Å². The van der Waals surface area contributed by atoms with Crippen molar-refractivity contribution < 1.29 is 14.0 Å². The van der Waals surface area contributed by atoms with Gasteiger partial charge in [-0.15, -0.1) is 16.4 Å². The van der Waals surface area contributed by atoms with Gasteiger partial charge in [-0.25, -0.2) is 8.91 Å². The van der Waals surface area contributed by atoms with E-state index < -0.39 is 11.8 Å². The lowest BCUT2D eigenvalue weighted by molar-refractivity contribution is -0.139. The molecule has 0 bridgehead atoms. The summed E-state index contributed by atoms with van der Waals surface area (Å²) in [4.78, 5) is 29.4. The summed E-state index contributed by atoms with van der Waals surface area (Å²) in [5.74, 6) is -1.05. The van der Waals surface area contributed by atoms with Gasteiger partial charge in [-0.3, -0.25) is 9.59 Å². The second-order valence-corrected chi connectivity index (χ2v) is 8.37. The van der Waals surface area contributed by atoms with Crippen molar-refractivity contribution in [2.75, 3.05) is 6.54 Å². The zero-order valence-corrected chi connectivity index (χ0v) is 17.4. The largest absolute Gasteiger partial charge is 0.347 e. The van der Waals surface area contributed by atoms with Crippen LogP contribution in [0.15, 0.2) is 29.6 Å². The van der Waals surface area contributed by atoms with Gasteiger partial charge in [0, 0.05) is 30.0 Å². The summed E-state index contributed by atoms with van der Waals surface area (Å²) in [7, 11) is 0. The van der Waals surface area contributed by atoms with E-state index in [0.29, 0.717) is 29.3 Å². The Kier molecular flexibility index (Phi) is 6.37. The molecule has 2 N–H and O–H groups in total. The highest BCUT2D eigenvalue weighted by molar-refractivity contribution is 7.15. The van der Waals surface area contributed by atoms with Crippen LogP contribution in [-0.4, -0.2) is 39.0 Å². The summed E-state index contributed by atoms with van der Waals surface area (Å²) < 4.78 is 15.2. The molecule has 4 rings (SSSR count). The van der Waals surface area contributed by atoms with E-state index in [0.717, 1.165) is 31.4 Å². The van der Waals surface area contributed by atoms with Crippen molar-refractivity contribution in [1.82, 2.24) is 25.2 Å². The average molecular weight is 430 g/mol. The number of halogens is 1. The monoisotopic (exact) mass is 429 g/mol. The van der Waals surface area contributed by atoms with Crippen LogP contribution in [0.3, 0.4) is 0 Å². The molecule has 0 radical (unpaired) electrons. The maximum Gasteiger partial charge on any atom is 0.309 e. The summed E-state index contributed by atoms with van der Waals surface area (Å²) in [6, 6.07) is 6.25. The summed E-state index contributed by atoms with van der Waals surface area (Å²) in [6.07, 6.45) is 6.95. The molecule has 2 aromatic heterocycles. The Balaban J connectivity index is 1.32. The second-order valence-electron chi connectivity index (χ2n) is 7.54. The molecule has 0 aliphatic heterocycles. The molecule has 7 nitrogen and oxygen atoms in total. The molecule has 1 saturated carbocycles.